The molecule has 0 bridgehead atoms. The molecule has 0 aliphatic carbocycles. The number of hydrogen-bond acceptors (Lipinski definition) is 3. The Kier molecular flexibility index (Phi) is 3.31. The fraction of sp³-hybridized carbons (Fsp3) is 0.250. The van der Waals surface area contributed by atoms with Crippen LogP contribution in [0.5, 0.6) is 0 Å². The van der Waals surface area contributed by atoms with Crippen molar-refractivity contribution in [3.63, 3.8) is 0 Å². The fourth-order valence-corrected chi connectivity index (χ4v) is 1.68. The Morgan fingerprint density at radius 1 is 1.59 bits per heavy atom. The van der Waals surface area contributed by atoms with Crippen molar-refractivity contribution in [3.05, 3.63) is 41.1 Å². The number of nitrogens with one attached hydrogen (secondary N) is 1. The third-order valence-corrected chi connectivity index (χ3v) is 2.81. The molecule has 0 aromatic heterocycles. The van der Waals surface area contributed by atoms with Gasteiger partial charge in [-0.3, -0.25) is 4.79 Å². The van der Waals surface area contributed by atoms with Gasteiger partial charge in [-0.25, -0.2) is 0 Å². The summed E-state index contributed by atoms with van der Waals surface area (Å²) < 4.78 is 5.07. The summed E-state index contributed by atoms with van der Waals surface area (Å²) in [5.41, 5.74) is 2.93. The fourth-order valence-electron chi connectivity index (χ4n) is 1.68. The molecule has 0 unspecified atom stereocenters. The SMILES string of the molecule is CC=C(C)NC(=O)c1ccc2c(c1)B(O)OC2. The predicted octanol–water partition coefficient (Wildman–Crippen LogP) is 0.558. The first-order valence-electron chi connectivity index (χ1n) is 5.48. The molecular weight excluding hydrogens is 217 g/mol. The molecule has 0 saturated carbocycles. The number of amides is 1. The molecule has 1 aliphatic rings. The average Bonchev–Trinajstić information content (AvgIpc) is 2.70. The standard InChI is InChI=1S/C12H14BNO3/c1-3-8(2)14-12(15)9-4-5-10-7-17-13(16)11(10)6-9/h3-6,16H,7H2,1-2H3,(H,14,15). The Labute approximate surface area is 100 Å². The lowest BCUT2D eigenvalue weighted by Crippen LogP contribution is -2.30. The Morgan fingerprint density at radius 2 is 2.35 bits per heavy atom. The highest BCUT2D eigenvalue weighted by molar-refractivity contribution is 6.61. The second-order valence-electron chi connectivity index (χ2n) is 4.00. The number of fused-ring (bicyclic) bond motifs is 1. The van der Waals surface area contributed by atoms with E-state index in [1.165, 1.54) is 0 Å². The number of hydrogen-bond donors (Lipinski definition) is 2. The van der Waals surface area contributed by atoms with Crippen molar-refractivity contribution in [1.82, 2.24) is 5.32 Å². The second kappa shape index (κ2) is 4.73. The summed E-state index contributed by atoms with van der Waals surface area (Å²) in [4.78, 5) is 11.8. The quantitative estimate of drug-likeness (QED) is 0.731. The Hall–Kier alpha value is -1.59. The van der Waals surface area contributed by atoms with Crippen LogP contribution in [-0.4, -0.2) is 18.0 Å². The molecule has 0 radical (unpaired) electrons. The Bertz CT molecular complexity index is 485. The molecule has 88 valence electrons. The van der Waals surface area contributed by atoms with E-state index in [0.717, 1.165) is 11.3 Å². The van der Waals surface area contributed by atoms with E-state index in [9.17, 15) is 9.82 Å². The van der Waals surface area contributed by atoms with Crippen LogP contribution in [0.1, 0.15) is 29.8 Å². The average molecular weight is 231 g/mol. The number of carbonyl (C=O) groups excluding carboxylic acids is 1. The topological polar surface area (TPSA) is 58.6 Å². The van der Waals surface area contributed by atoms with E-state index in [4.69, 9.17) is 4.65 Å². The van der Waals surface area contributed by atoms with Gasteiger partial charge in [-0.05, 0) is 37.0 Å². The van der Waals surface area contributed by atoms with Crippen LogP contribution in [0.3, 0.4) is 0 Å². The van der Waals surface area contributed by atoms with E-state index in [2.05, 4.69) is 5.32 Å². The number of allylic oxidation sites excluding steroid dienone is 2. The monoisotopic (exact) mass is 231 g/mol. The maximum absolute atomic E-state index is 11.8. The Balaban J connectivity index is 2.23. The van der Waals surface area contributed by atoms with E-state index < -0.39 is 7.12 Å². The van der Waals surface area contributed by atoms with Crippen molar-refractivity contribution in [3.8, 4) is 0 Å². The number of carbonyl (C=O) groups is 1. The van der Waals surface area contributed by atoms with Crippen LogP contribution in [0.4, 0.5) is 0 Å². The molecule has 17 heavy (non-hydrogen) atoms. The van der Waals surface area contributed by atoms with E-state index >= 15 is 0 Å². The van der Waals surface area contributed by atoms with E-state index in [0.29, 0.717) is 17.6 Å². The minimum atomic E-state index is -0.916. The van der Waals surface area contributed by atoms with Crippen LogP contribution in [0.15, 0.2) is 30.0 Å². The van der Waals surface area contributed by atoms with Gasteiger partial charge in [-0.2, -0.15) is 0 Å². The highest BCUT2D eigenvalue weighted by Gasteiger charge is 2.27. The van der Waals surface area contributed by atoms with Crippen molar-refractivity contribution < 1.29 is 14.5 Å². The molecule has 0 atom stereocenters. The van der Waals surface area contributed by atoms with E-state index in [1.807, 2.05) is 26.0 Å². The minimum Gasteiger partial charge on any atom is -0.423 e. The lowest BCUT2D eigenvalue weighted by atomic mass is 9.79. The molecule has 0 spiro atoms. The van der Waals surface area contributed by atoms with Gasteiger partial charge in [0.1, 0.15) is 0 Å². The molecule has 0 fully saturated rings. The smallest absolute Gasteiger partial charge is 0.423 e. The summed E-state index contributed by atoms with van der Waals surface area (Å²) in [7, 11) is -0.916. The van der Waals surface area contributed by atoms with Gasteiger partial charge in [-0.1, -0.05) is 12.1 Å². The van der Waals surface area contributed by atoms with Gasteiger partial charge in [0.25, 0.3) is 5.91 Å². The first kappa shape index (κ1) is 11.9. The Morgan fingerprint density at radius 3 is 3.06 bits per heavy atom. The number of benzene rings is 1. The summed E-state index contributed by atoms with van der Waals surface area (Å²) in [6.45, 7) is 4.07. The van der Waals surface area contributed by atoms with Gasteiger partial charge in [0.2, 0.25) is 0 Å². The molecule has 1 heterocycles. The van der Waals surface area contributed by atoms with Crippen LogP contribution in [0.2, 0.25) is 0 Å². The normalized spacial score (nSPS) is 14.8. The maximum atomic E-state index is 11.8. The molecule has 2 rings (SSSR count). The van der Waals surface area contributed by atoms with E-state index in [1.54, 1.807) is 12.1 Å². The molecule has 2 N–H and O–H groups in total. The van der Waals surface area contributed by atoms with Gasteiger partial charge in [-0.15, -0.1) is 0 Å². The molecule has 0 saturated heterocycles. The van der Waals surface area contributed by atoms with Crippen LogP contribution in [-0.2, 0) is 11.3 Å². The third kappa shape index (κ3) is 2.40. The molecule has 1 aromatic rings. The molecule has 1 amide bonds. The first-order chi connectivity index (χ1) is 8.11. The number of rotatable bonds is 2. The van der Waals surface area contributed by atoms with Crippen LogP contribution in [0.25, 0.3) is 0 Å². The predicted molar refractivity (Wildman–Crippen MR) is 65.7 cm³/mol. The summed E-state index contributed by atoms with van der Waals surface area (Å²) in [6, 6.07) is 5.22. The zero-order valence-corrected chi connectivity index (χ0v) is 9.86. The van der Waals surface area contributed by atoms with Crippen molar-refractivity contribution in [2.45, 2.75) is 20.5 Å². The maximum Gasteiger partial charge on any atom is 0.491 e. The molecule has 4 nitrogen and oxygen atoms in total. The second-order valence-corrected chi connectivity index (χ2v) is 4.00. The lowest BCUT2D eigenvalue weighted by Gasteiger charge is -2.06. The van der Waals surface area contributed by atoms with Gasteiger partial charge in [0.15, 0.2) is 0 Å². The zero-order valence-electron chi connectivity index (χ0n) is 9.86. The van der Waals surface area contributed by atoms with Gasteiger partial charge in [0.05, 0.1) is 6.61 Å². The van der Waals surface area contributed by atoms with Crippen LogP contribution >= 0.6 is 0 Å². The van der Waals surface area contributed by atoms with Gasteiger partial charge < -0.3 is 15.0 Å². The highest BCUT2D eigenvalue weighted by atomic mass is 16.5. The molecule has 1 aromatic carbocycles. The van der Waals surface area contributed by atoms with Crippen molar-refractivity contribution in [1.29, 1.82) is 0 Å². The summed E-state index contributed by atoms with van der Waals surface area (Å²) in [6.07, 6.45) is 1.82. The first-order valence-corrected chi connectivity index (χ1v) is 5.48. The van der Waals surface area contributed by atoms with Crippen LogP contribution < -0.4 is 10.8 Å². The summed E-state index contributed by atoms with van der Waals surface area (Å²) in [5.74, 6) is -0.178. The highest BCUT2D eigenvalue weighted by Crippen LogP contribution is 2.11. The van der Waals surface area contributed by atoms with Crippen molar-refractivity contribution in [2.24, 2.45) is 0 Å². The molecular formula is C12H14BNO3. The summed E-state index contributed by atoms with van der Waals surface area (Å²) in [5, 5.41) is 12.3. The van der Waals surface area contributed by atoms with Gasteiger partial charge in [0, 0.05) is 11.3 Å². The zero-order chi connectivity index (χ0) is 12.4. The largest absolute Gasteiger partial charge is 0.491 e. The summed E-state index contributed by atoms with van der Waals surface area (Å²) >= 11 is 0. The van der Waals surface area contributed by atoms with Crippen LogP contribution in [0, 0.1) is 0 Å². The van der Waals surface area contributed by atoms with E-state index in [-0.39, 0.29) is 5.91 Å². The lowest BCUT2D eigenvalue weighted by molar-refractivity contribution is 0.0966. The third-order valence-electron chi connectivity index (χ3n) is 2.81. The van der Waals surface area contributed by atoms with Gasteiger partial charge >= 0.3 is 7.12 Å². The molecule has 1 aliphatic heterocycles. The van der Waals surface area contributed by atoms with Crippen molar-refractivity contribution in [2.75, 3.05) is 0 Å². The minimum absolute atomic E-state index is 0.178. The molecule has 5 heteroatoms. The van der Waals surface area contributed by atoms with Crippen molar-refractivity contribution >= 4 is 18.5 Å².